The zero-order valence-electron chi connectivity index (χ0n) is 32.2. The Morgan fingerprint density at radius 3 is 1.31 bits per heavy atom. The molecule has 0 aliphatic heterocycles. The van der Waals surface area contributed by atoms with Crippen LogP contribution in [0.2, 0.25) is 0 Å². The SMILES string of the molecule is CCCC[n+]1ccc(-c2ccc(-c3cc(-c4ccc(-c5cc[n+](CCCC)cc5)cc4)nc(-c4ccc(CCP(=O)(OCC)OCC)cc4)n3)cc2)cc1. The maximum absolute atomic E-state index is 13.1. The highest BCUT2D eigenvalue weighted by molar-refractivity contribution is 7.53. The maximum Gasteiger partial charge on any atom is 0.330 e. The second kappa shape index (κ2) is 19.0. The number of hydrogen-bond donors (Lipinski definition) is 0. The van der Waals surface area contributed by atoms with Gasteiger partial charge in [0.1, 0.15) is 13.1 Å². The maximum atomic E-state index is 13.1. The number of aromatic nitrogens is 4. The minimum Gasteiger partial charge on any atom is -0.309 e. The van der Waals surface area contributed by atoms with Crippen molar-refractivity contribution in [3.05, 3.63) is 133 Å². The van der Waals surface area contributed by atoms with Crippen molar-refractivity contribution < 1.29 is 22.7 Å². The van der Waals surface area contributed by atoms with Gasteiger partial charge >= 0.3 is 7.60 Å². The molecule has 6 rings (SSSR count). The molecule has 0 fully saturated rings. The Balaban J connectivity index is 1.29. The number of benzene rings is 3. The molecule has 0 unspecified atom stereocenters. The molecular formula is C46H53N4O3P+2. The van der Waals surface area contributed by atoms with E-state index in [2.05, 4.69) is 139 Å². The van der Waals surface area contributed by atoms with Gasteiger partial charge in [0.25, 0.3) is 0 Å². The van der Waals surface area contributed by atoms with Crippen molar-refractivity contribution in [3.63, 3.8) is 0 Å². The first-order chi connectivity index (χ1) is 26.4. The highest BCUT2D eigenvalue weighted by atomic mass is 31.2. The molecule has 0 aliphatic carbocycles. The topological polar surface area (TPSA) is 69.1 Å². The van der Waals surface area contributed by atoms with E-state index in [4.69, 9.17) is 19.0 Å². The van der Waals surface area contributed by atoms with Gasteiger partial charge in [-0.1, -0.05) is 99.5 Å². The fourth-order valence-electron chi connectivity index (χ4n) is 6.46. The number of rotatable bonds is 18. The van der Waals surface area contributed by atoms with Crippen LogP contribution in [0.1, 0.15) is 58.9 Å². The van der Waals surface area contributed by atoms with E-state index in [1.165, 1.54) is 36.8 Å². The van der Waals surface area contributed by atoms with Crippen molar-refractivity contribution in [1.82, 2.24) is 9.97 Å². The van der Waals surface area contributed by atoms with Crippen molar-refractivity contribution in [2.45, 2.75) is 72.9 Å². The molecule has 0 saturated carbocycles. The van der Waals surface area contributed by atoms with Crippen LogP contribution in [0, 0.1) is 0 Å². The van der Waals surface area contributed by atoms with Crippen LogP contribution in [0.5, 0.6) is 0 Å². The second-order valence-corrected chi connectivity index (χ2v) is 15.8. The normalized spacial score (nSPS) is 11.6. The van der Waals surface area contributed by atoms with Gasteiger partial charge in [0.05, 0.1) is 30.8 Å². The number of nitrogens with zero attached hydrogens (tertiary/aromatic N) is 4. The molecule has 0 radical (unpaired) electrons. The minimum absolute atomic E-state index is 0.333. The second-order valence-electron chi connectivity index (χ2n) is 13.6. The van der Waals surface area contributed by atoms with E-state index in [9.17, 15) is 4.57 Å². The quantitative estimate of drug-likeness (QED) is 0.0648. The summed E-state index contributed by atoms with van der Waals surface area (Å²) in [5.74, 6) is 0.649. The van der Waals surface area contributed by atoms with Crippen LogP contribution in [0.4, 0.5) is 0 Å². The third-order valence-corrected chi connectivity index (χ3v) is 11.7. The molecule has 0 aliphatic rings. The Kier molecular flexibility index (Phi) is 13.7. The Morgan fingerprint density at radius 2 is 0.907 bits per heavy atom. The van der Waals surface area contributed by atoms with Crippen LogP contribution < -0.4 is 9.13 Å². The molecule has 3 heterocycles. The molecule has 0 bridgehead atoms. The number of pyridine rings is 2. The van der Waals surface area contributed by atoms with Gasteiger partial charge in [-0.2, -0.15) is 0 Å². The molecule has 0 saturated heterocycles. The summed E-state index contributed by atoms with van der Waals surface area (Å²) in [5, 5.41) is 0. The van der Waals surface area contributed by atoms with Gasteiger partial charge < -0.3 is 9.05 Å². The molecule has 3 aromatic carbocycles. The molecule has 0 atom stereocenters. The summed E-state index contributed by atoms with van der Waals surface area (Å²) in [6.45, 7) is 10.9. The van der Waals surface area contributed by atoms with Crippen LogP contribution in [-0.2, 0) is 33.1 Å². The summed E-state index contributed by atoms with van der Waals surface area (Å²) < 4.78 is 28.6. The summed E-state index contributed by atoms with van der Waals surface area (Å²) >= 11 is 0. The largest absolute Gasteiger partial charge is 0.330 e. The first-order valence-electron chi connectivity index (χ1n) is 19.5. The van der Waals surface area contributed by atoms with Gasteiger partial charge in [-0.3, -0.25) is 4.57 Å². The average Bonchev–Trinajstić information content (AvgIpc) is 3.22. The molecule has 278 valence electrons. The molecule has 7 nitrogen and oxygen atoms in total. The number of aryl methyl sites for hydroxylation is 3. The van der Waals surface area contributed by atoms with Gasteiger partial charge in [0, 0.05) is 53.8 Å². The van der Waals surface area contributed by atoms with Crippen LogP contribution in [0.25, 0.3) is 56.2 Å². The highest BCUT2D eigenvalue weighted by Gasteiger charge is 2.23. The lowest BCUT2D eigenvalue weighted by Crippen LogP contribution is -2.32. The summed E-state index contributed by atoms with van der Waals surface area (Å²) in [7, 11) is -3.12. The van der Waals surface area contributed by atoms with Crippen molar-refractivity contribution >= 4 is 7.60 Å². The predicted octanol–water partition coefficient (Wildman–Crippen LogP) is 10.8. The van der Waals surface area contributed by atoms with Crippen LogP contribution >= 0.6 is 7.60 Å². The van der Waals surface area contributed by atoms with Crippen molar-refractivity contribution in [2.24, 2.45) is 0 Å². The summed E-state index contributed by atoms with van der Waals surface area (Å²) in [6, 6.07) is 36.3. The van der Waals surface area contributed by atoms with E-state index in [1.807, 2.05) is 26.0 Å². The zero-order valence-corrected chi connectivity index (χ0v) is 33.1. The monoisotopic (exact) mass is 740 g/mol. The van der Waals surface area contributed by atoms with Crippen LogP contribution in [0.3, 0.4) is 0 Å². The van der Waals surface area contributed by atoms with E-state index in [-0.39, 0.29) is 0 Å². The van der Waals surface area contributed by atoms with E-state index in [1.54, 1.807) is 0 Å². The molecular weight excluding hydrogens is 688 g/mol. The molecule has 0 N–H and O–H groups in total. The lowest BCUT2D eigenvalue weighted by atomic mass is 10.0. The molecule has 6 aromatic rings. The first kappa shape index (κ1) is 38.9. The standard InChI is InChI=1S/C46H53N4O3P/c1-5-9-28-49-30-23-39(24-31-49)37-15-19-41(20-16-37)44-35-45(42-21-17-38(18-22-42)40-25-32-50(33-26-40)29-10-6-2)48-46(47-44)43-13-11-36(12-14-43)27-34-54(51,52-7-3)53-8-4/h11-26,30-33,35H,5-10,27-29,34H2,1-4H3/q+2. The molecule has 3 aromatic heterocycles. The summed E-state index contributed by atoms with van der Waals surface area (Å²) in [4.78, 5) is 10.2. The van der Waals surface area contributed by atoms with E-state index in [0.717, 1.165) is 57.9 Å². The number of unbranched alkanes of at least 4 members (excludes halogenated alkanes) is 2. The molecule has 54 heavy (non-hydrogen) atoms. The van der Waals surface area contributed by atoms with Gasteiger partial charge in [0.15, 0.2) is 30.6 Å². The summed E-state index contributed by atoms with van der Waals surface area (Å²) in [5.41, 5.74) is 10.4. The van der Waals surface area contributed by atoms with E-state index in [0.29, 0.717) is 31.6 Å². The van der Waals surface area contributed by atoms with Gasteiger partial charge in [-0.25, -0.2) is 19.1 Å². The zero-order chi connectivity index (χ0) is 37.8. The van der Waals surface area contributed by atoms with Crippen LogP contribution in [0.15, 0.2) is 128 Å². The smallest absolute Gasteiger partial charge is 0.309 e. The Bertz CT molecular complexity index is 1990. The van der Waals surface area contributed by atoms with Crippen molar-refractivity contribution in [1.29, 1.82) is 0 Å². The van der Waals surface area contributed by atoms with Gasteiger partial charge in [-0.05, 0) is 54.2 Å². The minimum atomic E-state index is -3.12. The van der Waals surface area contributed by atoms with Crippen molar-refractivity contribution in [3.8, 4) is 56.2 Å². The lowest BCUT2D eigenvalue weighted by Gasteiger charge is -2.16. The Labute approximate surface area is 321 Å². The highest BCUT2D eigenvalue weighted by Crippen LogP contribution is 2.48. The van der Waals surface area contributed by atoms with Gasteiger partial charge in [-0.15, -0.1) is 0 Å². The molecule has 8 heteroatoms. The fraction of sp³-hybridized carbons (Fsp3) is 0.304. The van der Waals surface area contributed by atoms with E-state index < -0.39 is 7.60 Å². The Hall–Kier alpha value is -4.81. The molecule has 0 amide bonds. The molecule has 0 spiro atoms. The van der Waals surface area contributed by atoms with Crippen LogP contribution in [-0.4, -0.2) is 29.3 Å². The third-order valence-electron chi connectivity index (χ3n) is 9.61. The Morgan fingerprint density at radius 1 is 0.519 bits per heavy atom. The predicted molar refractivity (Wildman–Crippen MR) is 219 cm³/mol. The van der Waals surface area contributed by atoms with Gasteiger partial charge in [0.2, 0.25) is 0 Å². The fourth-order valence-corrected chi connectivity index (χ4v) is 8.12. The van der Waals surface area contributed by atoms with E-state index >= 15 is 0 Å². The first-order valence-corrected chi connectivity index (χ1v) is 21.2. The lowest BCUT2D eigenvalue weighted by molar-refractivity contribution is -0.697. The number of hydrogen-bond acceptors (Lipinski definition) is 5. The van der Waals surface area contributed by atoms with Crippen molar-refractivity contribution in [2.75, 3.05) is 19.4 Å². The average molecular weight is 741 g/mol. The third kappa shape index (κ3) is 10.2. The summed E-state index contributed by atoms with van der Waals surface area (Å²) in [6.07, 6.45) is 14.3.